The normalized spacial score (nSPS) is 12.4. The van der Waals surface area contributed by atoms with E-state index in [4.69, 9.17) is 5.73 Å². The van der Waals surface area contributed by atoms with Gasteiger partial charge >= 0.3 is 0 Å². The van der Waals surface area contributed by atoms with Crippen molar-refractivity contribution in [2.24, 2.45) is 0 Å². The molecule has 1 aromatic carbocycles. The van der Waals surface area contributed by atoms with Gasteiger partial charge in [0, 0.05) is 15.7 Å². The number of anilines is 1. The first kappa shape index (κ1) is 12.3. The number of nitrogen functional groups attached to an aromatic ring is 1. The summed E-state index contributed by atoms with van der Waals surface area (Å²) in [4.78, 5) is 0. The number of rotatable bonds is 5. The maximum Gasteiger partial charge on any atom is 0.0810 e. The summed E-state index contributed by atoms with van der Waals surface area (Å²) in [5.41, 5.74) is 7.24. The van der Waals surface area contributed by atoms with Gasteiger partial charge < -0.3 is 10.8 Å². The molecular weight excluding hydrogens is 254 g/mol. The largest absolute Gasteiger partial charge is 0.398 e. The first-order valence-corrected chi connectivity index (χ1v) is 5.78. The van der Waals surface area contributed by atoms with Crippen molar-refractivity contribution in [2.75, 3.05) is 5.73 Å². The number of aliphatic hydroxyl groups excluding tert-OH is 1. The third-order valence-electron chi connectivity index (χ3n) is 2.29. The van der Waals surface area contributed by atoms with Crippen LogP contribution >= 0.6 is 15.9 Å². The Hall–Kier alpha value is -0.800. The van der Waals surface area contributed by atoms with Crippen molar-refractivity contribution in [3.8, 4) is 0 Å². The van der Waals surface area contributed by atoms with E-state index in [0.717, 1.165) is 22.9 Å². The molecule has 0 saturated heterocycles. The molecule has 1 rings (SSSR count). The van der Waals surface area contributed by atoms with Crippen LogP contribution in [-0.2, 0) is 0 Å². The molecule has 0 aliphatic rings. The van der Waals surface area contributed by atoms with E-state index in [-0.39, 0.29) is 0 Å². The Morgan fingerprint density at radius 2 is 2.27 bits per heavy atom. The number of hydrogen-bond donors (Lipinski definition) is 2. The van der Waals surface area contributed by atoms with Crippen molar-refractivity contribution in [1.82, 2.24) is 0 Å². The third-order valence-corrected chi connectivity index (χ3v) is 2.79. The number of benzene rings is 1. The molecule has 0 aromatic heterocycles. The molecule has 0 heterocycles. The smallest absolute Gasteiger partial charge is 0.0810 e. The summed E-state index contributed by atoms with van der Waals surface area (Å²) in [6.45, 7) is 3.65. The van der Waals surface area contributed by atoms with E-state index in [1.807, 2.05) is 18.2 Å². The number of halogens is 1. The summed E-state index contributed by atoms with van der Waals surface area (Å²) in [7, 11) is 0. The highest BCUT2D eigenvalue weighted by atomic mass is 79.9. The van der Waals surface area contributed by atoms with Crippen LogP contribution in [-0.4, -0.2) is 5.11 Å². The van der Waals surface area contributed by atoms with E-state index in [0.29, 0.717) is 12.1 Å². The number of allylic oxidation sites excluding steroid dienone is 1. The molecule has 15 heavy (non-hydrogen) atoms. The molecule has 1 aromatic rings. The molecule has 1 unspecified atom stereocenters. The first-order valence-electron chi connectivity index (χ1n) is 4.99. The van der Waals surface area contributed by atoms with Crippen molar-refractivity contribution in [3.63, 3.8) is 0 Å². The Bertz CT molecular complexity index is 338. The van der Waals surface area contributed by atoms with E-state index in [1.54, 1.807) is 6.07 Å². The predicted molar refractivity (Wildman–Crippen MR) is 67.6 cm³/mol. The quantitative estimate of drug-likeness (QED) is 0.489. The van der Waals surface area contributed by atoms with Crippen LogP contribution < -0.4 is 5.73 Å². The highest BCUT2D eigenvalue weighted by molar-refractivity contribution is 9.10. The monoisotopic (exact) mass is 269 g/mol. The molecule has 0 radical (unpaired) electrons. The third kappa shape index (κ3) is 3.68. The average Bonchev–Trinajstić information content (AvgIpc) is 2.22. The highest BCUT2D eigenvalue weighted by Gasteiger charge is 2.10. The zero-order valence-corrected chi connectivity index (χ0v) is 10.2. The van der Waals surface area contributed by atoms with Gasteiger partial charge in [0.05, 0.1) is 6.10 Å². The van der Waals surface area contributed by atoms with Crippen molar-refractivity contribution in [3.05, 3.63) is 40.9 Å². The fraction of sp³-hybridized carbons (Fsp3) is 0.333. The van der Waals surface area contributed by atoms with Crippen LogP contribution in [0.1, 0.15) is 30.9 Å². The van der Waals surface area contributed by atoms with Gasteiger partial charge in [-0.1, -0.05) is 22.0 Å². The second-order valence-corrected chi connectivity index (χ2v) is 4.42. The van der Waals surface area contributed by atoms with Gasteiger partial charge in [-0.05, 0) is 37.5 Å². The SMILES string of the molecule is C=CCCCC(O)c1cc(Br)ccc1N. The lowest BCUT2D eigenvalue weighted by atomic mass is 10.0. The fourth-order valence-corrected chi connectivity index (χ4v) is 1.82. The van der Waals surface area contributed by atoms with Crippen LogP contribution in [0, 0.1) is 0 Å². The predicted octanol–water partition coefficient (Wildman–Crippen LogP) is 3.42. The van der Waals surface area contributed by atoms with Gasteiger partial charge in [0.2, 0.25) is 0 Å². The van der Waals surface area contributed by atoms with Gasteiger partial charge in [-0.3, -0.25) is 0 Å². The van der Waals surface area contributed by atoms with Gasteiger partial charge in [0.15, 0.2) is 0 Å². The van der Waals surface area contributed by atoms with E-state index in [9.17, 15) is 5.11 Å². The van der Waals surface area contributed by atoms with Gasteiger partial charge in [-0.15, -0.1) is 6.58 Å². The molecule has 82 valence electrons. The molecule has 0 fully saturated rings. The Labute approximate surface area is 98.9 Å². The summed E-state index contributed by atoms with van der Waals surface area (Å²) in [5.74, 6) is 0. The molecule has 1 atom stereocenters. The Morgan fingerprint density at radius 3 is 2.93 bits per heavy atom. The summed E-state index contributed by atoms with van der Waals surface area (Å²) < 4.78 is 0.939. The zero-order chi connectivity index (χ0) is 11.3. The second kappa shape index (κ2) is 5.93. The molecule has 0 spiro atoms. The minimum Gasteiger partial charge on any atom is -0.398 e. The van der Waals surface area contributed by atoms with Gasteiger partial charge in [0.25, 0.3) is 0 Å². The highest BCUT2D eigenvalue weighted by Crippen LogP contribution is 2.27. The molecule has 2 nitrogen and oxygen atoms in total. The van der Waals surface area contributed by atoms with E-state index >= 15 is 0 Å². The number of unbranched alkanes of at least 4 members (excludes halogenated alkanes) is 1. The van der Waals surface area contributed by atoms with Gasteiger partial charge in [-0.2, -0.15) is 0 Å². The minimum atomic E-state index is -0.484. The van der Waals surface area contributed by atoms with E-state index in [1.165, 1.54) is 0 Å². The first-order chi connectivity index (χ1) is 7.15. The lowest BCUT2D eigenvalue weighted by Crippen LogP contribution is -2.02. The van der Waals surface area contributed by atoms with Crippen LogP contribution in [0.4, 0.5) is 5.69 Å². The van der Waals surface area contributed by atoms with Crippen LogP contribution in [0.25, 0.3) is 0 Å². The standard InChI is InChI=1S/C12H16BrNO/c1-2-3-4-5-12(15)10-8-9(13)6-7-11(10)14/h2,6-8,12,15H,1,3-5,14H2. The lowest BCUT2D eigenvalue weighted by Gasteiger charge is -2.13. The molecule has 0 amide bonds. The molecular formula is C12H16BrNO. The van der Waals surface area contributed by atoms with Crippen molar-refractivity contribution >= 4 is 21.6 Å². The van der Waals surface area contributed by atoms with Crippen molar-refractivity contribution in [1.29, 1.82) is 0 Å². The van der Waals surface area contributed by atoms with Gasteiger partial charge in [-0.25, -0.2) is 0 Å². The molecule has 3 N–H and O–H groups in total. The second-order valence-electron chi connectivity index (χ2n) is 3.51. The summed E-state index contributed by atoms with van der Waals surface area (Å²) in [5, 5.41) is 9.92. The minimum absolute atomic E-state index is 0.484. The number of aliphatic hydroxyl groups is 1. The maximum atomic E-state index is 9.92. The Morgan fingerprint density at radius 1 is 1.53 bits per heavy atom. The molecule has 0 bridgehead atoms. The maximum absolute atomic E-state index is 9.92. The van der Waals surface area contributed by atoms with Crippen molar-refractivity contribution < 1.29 is 5.11 Å². The van der Waals surface area contributed by atoms with Crippen LogP contribution in [0.5, 0.6) is 0 Å². The van der Waals surface area contributed by atoms with Crippen LogP contribution in [0.2, 0.25) is 0 Å². The molecule has 0 saturated carbocycles. The van der Waals surface area contributed by atoms with E-state index in [2.05, 4.69) is 22.5 Å². The molecule has 3 heteroatoms. The molecule has 0 aliphatic heterocycles. The summed E-state index contributed by atoms with van der Waals surface area (Å²) in [6, 6.07) is 5.54. The fourth-order valence-electron chi connectivity index (χ4n) is 1.45. The van der Waals surface area contributed by atoms with Crippen molar-refractivity contribution in [2.45, 2.75) is 25.4 Å². The van der Waals surface area contributed by atoms with Crippen LogP contribution in [0.15, 0.2) is 35.3 Å². The Balaban J connectivity index is 2.67. The summed E-state index contributed by atoms with van der Waals surface area (Å²) >= 11 is 3.36. The zero-order valence-electron chi connectivity index (χ0n) is 8.62. The van der Waals surface area contributed by atoms with E-state index < -0.39 is 6.10 Å². The Kier molecular flexibility index (Phi) is 4.85. The van der Waals surface area contributed by atoms with Gasteiger partial charge in [0.1, 0.15) is 0 Å². The lowest BCUT2D eigenvalue weighted by molar-refractivity contribution is 0.165. The summed E-state index contributed by atoms with van der Waals surface area (Å²) in [6.07, 6.45) is 3.94. The van der Waals surface area contributed by atoms with Crippen LogP contribution in [0.3, 0.4) is 0 Å². The topological polar surface area (TPSA) is 46.2 Å². The molecule has 0 aliphatic carbocycles. The number of nitrogens with two attached hydrogens (primary N) is 1. The average molecular weight is 270 g/mol. The number of hydrogen-bond acceptors (Lipinski definition) is 2.